The number of carbonyl (C=O) groups excluding carboxylic acids is 1. The maximum absolute atomic E-state index is 12.9. The van der Waals surface area contributed by atoms with Gasteiger partial charge in [0, 0.05) is 19.2 Å². The fraction of sp³-hybridized carbons (Fsp3) is 0.375. The molecule has 162 valence electrons. The second-order valence-corrected chi connectivity index (χ2v) is 7.85. The first-order valence-electron chi connectivity index (χ1n) is 10.7. The molecule has 31 heavy (non-hydrogen) atoms. The van der Waals surface area contributed by atoms with Gasteiger partial charge in [-0.3, -0.25) is 4.79 Å². The smallest absolute Gasteiger partial charge is 0.276 e. The first-order chi connectivity index (χ1) is 15.2. The minimum Gasteiger partial charge on any atom is -0.497 e. The molecule has 0 bridgehead atoms. The van der Waals surface area contributed by atoms with Gasteiger partial charge in [-0.15, -0.1) is 5.10 Å². The summed E-state index contributed by atoms with van der Waals surface area (Å²) in [5.41, 5.74) is 2.45. The Balaban J connectivity index is 1.30. The van der Waals surface area contributed by atoms with E-state index < -0.39 is 0 Å². The fourth-order valence-corrected chi connectivity index (χ4v) is 4.02. The number of hydrogen-bond acceptors (Lipinski definition) is 5. The maximum atomic E-state index is 12.9. The molecular weight excluding hydrogens is 392 g/mol. The lowest BCUT2D eigenvalue weighted by atomic mass is 9.90. The Hall–Kier alpha value is -3.35. The molecule has 0 aliphatic carbocycles. The van der Waals surface area contributed by atoms with Crippen LogP contribution in [0.5, 0.6) is 11.5 Å². The Morgan fingerprint density at radius 3 is 2.35 bits per heavy atom. The zero-order valence-electron chi connectivity index (χ0n) is 18.0. The number of aromatic nitrogens is 3. The van der Waals surface area contributed by atoms with Crippen LogP contribution >= 0.6 is 0 Å². The summed E-state index contributed by atoms with van der Waals surface area (Å²) >= 11 is 0. The molecule has 1 fully saturated rings. The average molecular weight is 421 g/mol. The number of nitrogens with zero attached hydrogens (tertiary/aromatic N) is 4. The first-order valence-corrected chi connectivity index (χ1v) is 10.7. The molecule has 1 aliphatic rings. The molecule has 7 nitrogen and oxygen atoms in total. The molecule has 1 aliphatic heterocycles. The highest BCUT2D eigenvalue weighted by molar-refractivity contribution is 5.92. The van der Waals surface area contributed by atoms with Gasteiger partial charge in [0.05, 0.1) is 26.1 Å². The van der Waals surface area contributed by atoms with Gasteiger partial charge in [-0.25, -0.2) is 0 Å². The van der Waals surface area contributed by atoms with Gasteiger partial charge in [-0.1, -0.05) is 18.2 Å². The molecule has 0 N–H and O–H groups in total. The number of rotatable bonds is 7. The third kappa shape index (κ3) is 5.05. The van der Waals surface area contributed by atoms with Crippen LogP contribution in [0.15, 0.2) is 54.7 Å². The van der Waals surface area contributed by atoms with Gasteiger partial charge >= 0.3 is 0 Å². The van der Waals surface area contributed by atoms with Gasteiger partial charge in [0.2, 0.25) is 0 Å². The average Bonchev–Trinajstić information content (AvgIpc) is 3.33. The lowest BCUT2D eigenvalue weighted by Crippen LogP contribution is -2.38. The molecule has 0 atom stereocenters. The van der Waals surface area contributed by atoms with E-state index in [9.17, 15) is 4.79 Å². The standard InChI is InChI=1S/C24H28N4O3/c1-30-21-14-19(15-22(16-21)31-2)9-8-18-10-12-27(13-11-18)24(29)23-17-25-28(26-23)20-6-4-3-5-7-20/h3-7,14-18H,8-13H2,1-2H3. The van der Waals surface area contributed by atoms with Gasteiger partial charge in [0.1, 0.15) is 11.5 Å². The Bertz CT molecular complexity index is 988. The molecule has 0 spiro atoms. The number of hydrogen-bond donors (Lipinski definition) is 0. The van der Waals surface area contributed by atoms with Crippen LogP contribution in [0.3, 0.4) is 0 Å². The van der Waals surface area contributed by atoms with E-state index in [2.05, 4.69) is 22.3 Å². The quantitative estimate of drug-likeness (QED) is 0.582. The second-order valence-electron chi connectivity index (χ2n) is 7.85. The number of likely N-dealkylation sites (tertiary alicyclic amines) is 1. The molecule has 0 saturated carbocycles. The molecule has 2 aromatic carbocycles. The number of carbonyl (C=O) groups is 1. The lowest BCUT2D eigenvalue weighted by Gasteiger charge is -2.31. The van der Waals surface area contributed by atoms with Crippen LogP contribution in [0.4, 0.5) is 0 Å². The van der Waals surface area contributed by atoms with Gasteiger partial charge in [0.25, 0.3) is 5.91 Å². The van der Waals surface area contributed by atoms with Crippen molar-refractivity contribution in [3.63, 3.8) is 0 Å². The monoisotopic (exact) mass is 420 g/mol. The molecule has 1 amide bonds. The largest absolute Gasteiger partial charge is 0.497 e. The predicted octanol–water partition coefficient (Wildman–Crippen LogP) is 3.77. The van der Waals surface area contributed by atoms with Crippen LogP contribution in [0.2, 0.25) is 0 Å². The van der Waals surface area contributed by atoms with Crippen LogP contribution in [-0.4, -0.2) is 53.1 Å². The van der Waals surface area contributed by atoms with E-state index in [1.165, 1.54) is 10.4 Å². The maximum Gasteiger partial charge on any atom is 0.276 e. The van der Waals surface area contributed by atoms with Gasteiger partial charge < -0.3 is 14.4 Å². The van der Waals surface area contributed by atoms with Crippen molar-refractivity contribution in [2.75, 3.05) is 27.3 Å². The number of piperidine rings is 1. The van der Waals surface area contributed by atoms with Gasteiger partial charge in [0.15, 0.2) is 5.69 Å². The Kier molecular flexibility index (Phi) is 6.50. The van der Waals surface area contributed by atoms with Crippen molar-refractivity contribution in [1.82, 2.24) is 19.9 Å². The van der Waals surface area contributed by atoms with Gasteiger partial charge in [-0.2, -0.15) is 9.90 Å². The van der Waals surface area contributed by atoms with Crippen molar-refractivity contribution in [2.24, 2.45) is 5.92 Å². The van der Waals surface area contributed by atoms with E-state index in [1.807, 2.05) is 41.3 Å². The lowest BCUT2D eigenvalue weighted by molar-refractivity contribution is 0.0680. The van der Waals surface area contributed by atoms with Crippen molar-refractivity contribution in [3.05, 3.63) is 66.0 Å². The van der Waals surface area contributed by atoms with E-state index in [4.69, 9.17) is 9.47 Å². The molecule has 0 radical (unpaired) electrons. The predicted molar refractivity (Wildman–Crippen MR) is 118 cm³/mol. The van der Waals surface area contributed by atoms with Crippen molar-refractivity contribution >= 4 is 5.91 Å². The number of amides is 1. The van der Waals surface area contributed by atoms with Crippen LogP contribution in [0.1, 0.15) is 35.3 Å². The normalized spacial score (nSPS) is 14.5. The van der Waals surface area contributed by atoms with Crippen LogP contribution < -0.4 is 9.47 Å². The Labute approximate surface area is 182 Å². The minimum absolute atomic E-state index is 0.0434. The molecule has 1 saturated heterocycles. The van der Waals surface area contributed by atoms with Crippen LogP contribution in [-0.2, 0) is 6.42 Å². The van der Waals surface area contributed by atoms with E-state index in [1.54, 1.807) is 20.4 Å². The molecule has 7 heteroatoms. The van der Waals surface area contributed by atoms with Crippen molar-refractivity contribution in [1.29, 1.82) is 0 Å². The highest BCUT2D eigenvalue weighted by Gasteiger charge is 2.25. The zero-order valence-corrected chi connectivity index (χ0v) is 18.0. The number of benzene rings is 2. The number of para-hydroxylation sites is 1. The summed E-state index contributed by atoms with van der Waals surface area (Å²) in [5.74, 6) is 2.19. The highest BCUT2D eigenvalue weighted by atomic mass is 16.5. The van der Waals surface area contributed by atoms with Gasteiger partial charge in [-0.05, 0) is 61.4 Å². The van der Waals surface area contributed by atoms with E-state index in [0.29, 0.717) is 11.6 Å². The summed E-state index contributed by atoms with van der Waals surface area (Å²) in [6.45, 7) is 1.51. The van der Waals surface area contributed by atoms with Crippen molar-refractivity contribution in [3.8, 4) is 17.2 Å². The fourth-order valence-electron chi connectivity index (χ4n) is 4.02. The summed E-state index contributed by atoms with van der Waals surface area (Å²) in [6, 6.07) is 15.6. The molecule has 4 rings (SSSR count). The summed E-state index contributed by atoms with van der Waals surface area (Å²) in [5, 5.41) is 8.62. The molecule has 1 aromatic heterocycles. The van der Waals surface area contributed by atoms with E-state index in [0.717, 1.165) is 56.0 Å². The molecule has 3 aromatic rings. The third-order valence-electron chi connectivity index (χ3n) is 5.85. The summed E-state index contributed by atoms with van der Waals surface area (Å²) in [7, 11) is 3.34. The molecular formula is C24H28N4O3. The topological polar surface area (TPSA) is 69.5 Å². The van der Waals surface area contributed by atoms with Crippen molar-refractivity contribution < 1.29 is 14.3 Å². The second kappa shape index (κ2) is 9.64. The molecule has 0 unspecified atom stereocenters. The van der Waals surface area contributed by atoms with E-state index in [-0.39, 0.29) is 5.91 Å². The number of ether oxygens (including phenoxy) is 2. The van der Waals surface area contributed by atoms with E-state index >= 15 is 0 Å². The van der Waals surface area contributed by atoms with Crippen LogP contribution in [0, 0.1) is 5.92 Å². The minimum atomic E-state index is -0.0434. The molecule has 2 heterocycles. The van der Waals surface area contributed by atoms with Crippen LogP contribution in [0.25, 0.3) is 5.69 Å². The summed E-state index contributed by atoms with van der Waals surface area (Å²) < 4.78 is 10.7. The number of aryl methyl sites for hydroxylation is 1. The summed E-state index contributed by atoms with van der Waals surface area (Å²) in [6.07, 6.45) is 5.61. The summed E-state index contributed by atoms with van der Waals surface area (Å²) in [4.78, 5) is 16.2. The van der Waals surface area contributed by atoms with Crippen molar-refractivity contribution in [2.45, 2.75) is 25.7 Å². The third-order valence-corrected chi connectivity index (χ3v) is 5.85. The zero-order chi connectivity index (χ0) is 21.6. The highest BCUT2D eigenvalue weighted by Crippen LogP contribution is 2.27. The Morgan fingerprint density at radius 2 is 1.71 bits per heavy atom. The SMILES string of the molecule is COc1cc(CCC2CCN(C(=O)c3cnn(-c4ccccc4)n3)CC2)cc(OC)c1. The first kappa shape index (κ1) is 20.9. The Morgan fingerprint density at radius 1 is 1.03 bits per heavy atom. The number of methoxy groups -OCH3 is 2.